The van der Waals surface area contributed by atoms with E-state index >= 15 is 0 Å². The Hall–Kier alpha value is -1.53. The molecule has 0 amide bonds. The maximum Gasteiger partial charge on any atom is 0.310 e. The van der Waals surface area contributed by atoms with Gasteiger partial charge in [0.15, 0.2) is 5.78 Å². The topological polar surface area (TPSA) is 101 Å². The molecule has 4 rings (SSSR count). The molecule has 1 aliphatic heterocycles. The van der Waals surface area contributed by atoms with E-state index in [1.165, 1.54) is 6.08 Å². The van der Waals surface area contributed by atoms with Gasteiger partial charge in [-0.2, -0.15) is 0 Å². The standard InChI is InChI=1S/C19H24O6/c1-7-5-10(20)16(23)18(3)9(7)6-11(21)19(4)12-8(2)14(25-17(12)24)13(22)15(18)19/h5,8-9,12-16,22-23H,6H2,1-4H3/t8-,9-,12-,13-,14-,15+,16-,18-,19+/m0/s1. The van der Waals surface area contributed by atoms with Crippen LogP contribution in [-0.4, -0.2) is 46.1 Å². The van der Waals surface area contributed by atoms with E-state index in [1.807, 2.05) is 6.92 Å². The zero-order valence-corrected chi connectivity index (χ0v) is 14.9. The number of allylic oxidation sites excluding steroid dienone is 1. The van der Waals surface area contributed by atoms with Gasteiger partial charge in [-0.15, -0.1) is 0 Å². The van der Waals surface area contributed by atoms with Crippen LogP contribution < -0.4 is 0 Å². The average Bonchev–Trinajstić information content (AvgIpc) is 2.78. The number of rotatable bonds is 0. The molecule has 0 radical (unpaired) electrons. The Morgan fingerprint density at radius 2 is 1.84 bits per heavy atom. The second-order valence-electron chi connectivity index (χ2n) is 8.73. The molecule has 6 nitrogen and oxygen atoms in total. The molecule has 9 atom stereocenters. The van der Waals surface area contributed by atoms with Crippen molar-refractivity contribution in [2.75, 3.05) is 0 Å². The Balaban J connectivity index is 1.96. The molecule has 136 valence electrons. The van der Waals surface area contributed by atoms with Gasteiger partial charge in [0.05, 0.1) is 12.0 Å². The third-order valence-electron chi connectivity index (χ3n) is 7.71. The molecule has 2 bridgehead atoms. The Bertz CT molecular complexity index is 725. The van der Waals surface area contributed by atoms with Gasteiger partial charge in [-0.05, 0) is 18.9 Å². The first kappa shape index (κ1) is 16.9. The Morgan fingerprint density at radius 1 is 1.20 bits per heavy atom. The van der Waals surface area contributed by atoms with Gasteiger partial charge in [0.25, 0.3) is 0 Å². The van der Waals surface area contributed by atoms with Crippen LogP contribution in [0.15, 0.2) is 11.6 Å². The van der Waals surface area contributed by atoms with E-state index in [2.05, 4.69) is 0 Å². The van der Waals surface area contributed by atoms with Crippen LogP contribution in [0.2, 0.25) is 0 Å². The third kappa shape index (κ3) is 1.70. The number of carbonyl (C=O) groups is 3. The first-order valence-electron chi connectivity index (χ1n) is 8.88. The molecule has 0 unspecified atom stereocenters. The highest BCUT2D eigenvalue weighted by Gasteiger charge is 2.74. The number of fused-ring (bicyclic) bond motifs is 6. The van der Waals surface area contributed by atoms with E-state index in [4.69, 9.17) is 4.74 Å². The lowest BCUT2D eigenvalue weighted by molar-refractivity contribution is -0.208. The fourth-order valence-corrected chi connectivity index (χ4v) is 6.55. The smallest absolute Gasteiger partial charge is 0.310 e. The number of aliphatic hydroxyl groups excluding tert-OH is 2. The van der Waals surface area contributed by atoms with Crippen molar-refractivity contribution in [3.63, 3.8) is 0 Å². The summed E-state index contributed by atoms with van der Waals surface area (Å²) in [7, 11) is 0. The predicted molar refractivity (Wildman–Crippen MR) is 86.1 cm³/mol. The molecule has 2 N–H and O–H groups in total. The summed E-state index contributed by atoms with van der Waals surface area (Å²) in [6, 6.07) is 0. The van der Waals surface area contributed by atoms with Crippen LogP contribution >= 0.6 is 0 Å². The first-order chi connectivity index (χ1) is 11.6. The first-order valence-corrected chi connectivity index (χ1v) is 8.88. The van der Waals surface area contributed by atoms with Gasteiger partial charge in [0.1, 0.15) is 18.0 Å². The lowest BCUT2D eigenvalue weighted by Gasteiger charge is -2.62. The second-order valence-corrected chi connectivity index (χ2v) is 8.73. The van der Waals surface area contributed by atoms with Crippen LogP contribution in [0.5, 0.6) is 0 Å². The lowest BCUT2D eigenvalue weighted by Crippen LogP contribution is -2.70. The molecular weight excluding hydrogens is 324 g/mol. The summed E-state index contributed by atoms with van der Waals surface area (Å²) in [5.74, 6) is -2.93. The predicted octanol–water partition coefficient (Wildman–Crippen LogP) is 0.646. The molecular formula is C19H24O6. The molecule has 0 aromatic carbocycles. The number of ether oxygens (including phenoxy) is 1. The molecule has 0 aromatic heterocycles. The molecule has 0 aromatic rings. The molecule has 3 fully saturated rings. The Morgan fingerprint density at radius 3 is 2.48 bits per heavy atom. The second kappa shape index (κ2) is 4.80. The normalized spacial score (nSPS) is 54.6. The SMILES string of the molecule is CC1=CC(=O)[C@H](O)[C@@]2(C)[C@H]1CC(=O)[C@]1(C)[C@@H]3C(=O)O[C@@H]([C@H]3C)[C@H](O)[C@@H]12. The summed E-state index contributed by atoms with van der Waals surface area (Å²) in [6.45, 7) is 7.09. The van der Waals surface area contributed by atoms with Gasteiger partial charge in [-0.3, -0.25) is 14.4 Å². The van der Waals surface area contributed by atoms with Gasteiger partial charge >= 0.3 is 5.97 Å². The van der Waals surface area contributed by atoms with Crippen molar-refractivity contribution in [3.8, 4) is 0 Å². The quantitative estimate of drug-likeness (QED) is 0.623. The summed E-state index contributed by atoms with van der Waals surface area (Å²) >= 11 is 0. The van der Waals surface area contributed by atoms with Crippen LogP contribution in [0.3, 0.4) is 0 Å². The summed E-state index contributed by atoms with van der Waals surface area (Å²) in [4.78, 5) is 38.0. The molecule has 1 heterocycles. The molecule has 1 saturated heterocycles. The summed E-state index contributed by atoms with van der Waals surface area (Å²) in [5, 5.41) is 21.9. The molecule has 4 aliphatic rings. The van der Waals surface area contributed by atoms with E-state index in [1.54, 1.807) is 20.8 Å². The minimum absolute atomic E-state index is 0.0949. The van der Waals surface area contributed by atoms with Crippen LogP contribution in [0, 0.1) is 34.5 Å². The fourth-order valence-electron chi connectivity index (χ4n) is 6.55. The molecule has 2 saturated carbocycles. The number of esters is 1. The maximum atomic E-state index is 13.2. The zero-order valence-electron chi connectivity index (χ0n) is 14.9. The highest BCUT2D eigenvalue weighted by molar-refractivity contribution is 5.98. The minimum atomic E-state index is -1.31. The minimum Gasteiger partial charge on any atom is -0.459 e. The number of Topliss-reactive ketones (excluding diaryl/α,β-unsaturated/α-hetero) is 1. The number of carbonyl (C=O) groups excluding carboxylic acids is 3. The van der Waals surface area contributed by atoms with Gasteiger partial charge in [-0.25, -0.2) is 0 Å². The summed E-state index contributed by atoms with van der Waals surface area (Å²) in [6.07, 6.45) is -1.54. The van der Waals surface area contributed by atoms with Crippen molar-refractivity contribution in [3.05, 3.63) is 11.6 Å². The third-order valence-corrected chi connectivity index (χ3v) is 7.71. The maximum absolute atomic E-state index is 13.2. The van der Waals surface area contributed by atoms with E-state index in [9.17, 15) is 24.6 Å². The highest BCUT2D eigenvalue weighted by atomic mass is 16.6. The monoisotopic (exact) mass is 348 g/mol. The van der Waals surface area contributed by atoms with Crippen LogP contribution in [0.1, 0.15) is 34.1 Å². The van der Waals surface area contributed by atoms with Crippen LogP contribution in [0.4, 0.5) is 0 Å². The number of ketones is 2. The van der Waals surface area contributed by atoms with E-state index in [-0.39, 0.29) is 24.0 Å². The van der Waals surface area contributed by atoms with Crippen molar-refractivity contribution in [1.82, 2.24) is 0 Å². The van der Waals surface area contributed by atoms with Gasteiger partial charge in [0, 0.05) is 29.1 Å². The number of hydrogen-bond donors (Lipinski definition) is 2. The molecule has 0 spiro atoms. The highest BCUT2D eigenvalue weighted by Crippen LogP contribution is 2.66. The average molecular weight is 348 g/mol. The largest absolute Gasteiger partial charge is 0.459 e. The van der Waals surface area contributed by atoms with Crippen molar-refractivity contribution < 1.29 is 29.3 Å². The summed E-state index contributed by atoms with van der Waals surface area (Å²) < 4.78 is 5.41. The van der Waals surface area contributed by atoms with E-state index < -0.39 is 52.7 Å². The van der Waals surface area contributed by atoms with Crippen molar-refractivity contribution in [2.24, 2.45) is 34.5 Å². The van der Waals surface area contributed by atoms with Crippen LogP contribution in [0.25, 0.3) is 0 Å². The van der Waals surface area contributed by atoms with Gasteiger partial charge in [0.2, 0.25) is 0 Å². The van der Waals surface area contributed by atoms with E-state index in [0.29, 0.717) is 0 Å². The van der Waals surface area contributed by atoms with Crippen LogP contribution in [-0.2, 0) is 19.1 Å². The van der Waals surface area contributed by atoms with Crippen molar-refractivity contribution >= 4 is 17.5 Å². The molecule has 3 aliphatic carbocycles. The van der Waals surface area contributed by atoms with Gasteiger partial charge in [-0.1, -0.05) is 26.3 Å². The molecule has 25 heavy (non-hydrogen) atoms. The lowest BCUT2D eigenvalue weighted by atomic mass is 9.40. The van der Waals surface area contributed by atoms with E-state index in [0.717, 1.165) is 5.57 Å². The number of hydrogen-bond acceptors (Lipinski definition) is 6. The fraction of sp³-hybridized carbons (Fsp3) is 0.737. The van der Waals surface area contributed by atoms with Crippen molar-refractivity contribution in [1.29, 1.82) is 0 Å². The summed E-state index contributed by atoms with van der Waals surface area (Å²) in [5.41, 5.74) is -1.41. The Kier molecular flexibility index (Phi) is 3.24. The Labute approximate surface area is 146 Å². The van der Waals surface area contributed by atoms with Gasteiger partial charge < -0.3 is 14.9 Å². The number of aliphatic hydroxyl groups is 2. The zero-order chi connectivity index (χ0) is 18.5. The van der Waals surface area contributed by atoms with Crippen molar-refractivity contribution in [2.45, 2.75) is 52.4 Å². The molecule has 6 heteroatoms.